The van der Waals surface area contributed by atoms with E-state index in [1.54, 1.807) is 0 Å². The number of carbonyl (C=O) groups excluding carboxylic acids is 1. The topological polar surface area (TPSA) is 49.3 Å². The zero-order valence-corrected chi connectivity index (χ0v) is 11.2. The van der Waals surface area contributed by atoms with Crippen molar-refractivity contribution in [2.24, 2.45) is 5.92 Å². The molecule has 1 aromatic carbocycles. The average molecular weight is 249 g/mol. The molecule has 1 amide bonds. The molecule has 0 bridgehead atoms. The van der Waals surface area contributed by atoms with Gasteiger partial charge in [-0.3, -0.25) is 4.79 Å². The van der Waals surface area contributed by atoms with E-state index < -0.39 is 0 Å². The molecule has 0 fully saturated rings. The van der Waals surface area contributed by atoms with Crippen molar-refractivity contribution in [2.75, 3.05) is 6.54 Å². The zero-order valence-electron chi connectivity index (χ0n) is 11.2. The van der Waals surface area contributed by atoms with Crippen LogP contribution in [0.2, 0.25) is 0 Å². The fourth-order valence-electron chi connectivity index (χ4n) is 1.80. The SMILES string of the molecule is CCC(O)CCNC(=O)C(C)Cc1ccccc1. The lowest BCUT2D eigenvalue weighted by atomic mass is 10.0. The first-order chi connectivity index (χ1) is 8.63. The molecule has 0 aromatic heterocycles. The second-order valence-electron chi connectivity index (χ2n) is 4.73. The van der Waals surface area contributed by atoms with Gasteiger partial charge in [-0.15, -0.1) is 0 Å². The maximum atomic E-state index is 11.8. The van der Waals surface area contributed by atoms with E-state index in [2.05, 4.69) is 5.32 Å². The second-order valence-corrected chi connectivity index (χ2v) is 4.73. The van der Waals surface area contributed by atoms with Crippen LogP contribution in [0.3, 0.4) is 0 Å². The molecule has 0 aliphatic heterocycles. The van der Waals surface area contributed by atoms with Gasteiger partial charge in [0.05, 0.1) is 6.10 Å². The van der Waals surface area contributed by atoms with E-state index in [0.29, 0.717) is 13.0 Å². The van der Waals surface area contributed by atoms with Crippen LogP contribution in [0.1, 0.15) is 32.3 Å². The summed E-state index contributed by atoms with van der Waals surface area (Å²) < 4.78 is 0. The van der Waals surface area contributed by atoms with Crippen LogP contribution in [-0.4, -0.2) is 23.7 Å². The van der Waals surface area contributed by atoms with Crippen LogP contribution in [-0.2, 0) is 11.2 Å². The van der Waals surface area contributed by atoms with Gasteiger partial charge in [0.15, 0.2) is 0 Å². The number of carbonyl (C=O) groups is 1. The van der Waals surface area contributed by atoms with E-state index in [-0.39, 0.29) is 17.9 Å². The maximum Gasteiger partial charge on any atom is 0.223 e. The van der Waals surface area contributed by atoms with Crippen molar-refractivity contribution in [3.8, 4) is 0 Å². The Bertz CT molecular complexity index is 351. The minimum absolute atomic E-state index is 0.0360. The molecule has 0 heterocycles. The molecule has 2 atom stereocenters. The number of amides is 1. The van der Waals surface area contributed by atoms with Gasteiger partial charge in [-0.2, -0.15) is 0 Å². The van der Waals surface area contributed by atoms with E-state index >= 15 is 0 Å². The molecule has 1 rings (SSSR count). The van der Waals surface area contributed by atoms with Gasteiger partial charge in [-0.1, -0.05) is 44.2 Å². The van der Waals surface area contributed by atoms with Gasteiger partial charge < -0.3 is 10.4 Å². The Balaban J connectivity index is 2.29. The van der Waals surface area contributed by atoms with Crippen molar-refractivity contribution in [1.82, 2.24) is 5.32 Å². The summed E-state index contributed by atoms with van der Waals surface area (Å²) >= 11 is 0. The van der Waals surface area contributed by atoms with Crippen molar-refractivity contribution in [2.45, 2.75) is 39.2 Å². The molecule has 0 aliphatic rings. The summed E-state index contributed by atoms with van der Waals surface area (Å²) in [5, 5.41) is 12.3. The third kappa shape index (κ3) is 5.32. The highest BCUT2D eigenvalue weighted by molar-refractivity contribution is 5.78. The molecule has 18 heavy (non-hydrogen) atoms. The molecule has 0 aliphatic carbocycles. The van der Waals surface area contributed by atoms with Crippen LogP contribution in [0.25, 0.3) is 0 Å². The van der Waals surface area contributed by atoms with Gasteiger partial charge in [-0.25, -0.2) is 0 Å². The first-order valence-electron chi connectivity index (χ1n) is 6.63. The monoisotopic (exact) mass is 249 g/mol. The zero-order chi connectivity index (χ0) is 13.4. The summed E-state index contributed by atoms with van der Waals surface area (Å²) in [5.74, 6) is 0.0216. The molecule has 0 spiro atoms. The van der Waals surface area contributed by atoms with E-state index in [1.807, 2.05) is 44.2 Å². The molecule has 3 nitrogen and oxygen atoms in total. The summed E-state index contributed by atoms with van der Waals surface area (Å²) in [4.78, 5) is 11.8. The summed E-state index contributed by atoms with van der Waals surface area (Å²) in [6, 6.07) is 10.0. The van der Waals surface area contributed by atoms with Crippen LogP contribution in [0.5, 0.6) is 0 Å². The highest BCUT2D eigenvalue weighted by Gasteiger charge is 2.13. The second kappa shape index (κ2) is 7.88. The Morgan fingerprint density at radius 1 is 1.33 bits per heavy atom. The highest BCUT2D eigenvalue weighted by atomic mass is 16.3. The number of aliphatic hydroxyl groups excluding tert-OH is 1. The van der Waals surface area contributed by atoms with Crippen molar-refractivity contribution in [3.05, 3.63) is 35.9 Å². The number of nitrogens with one attached hydrogen (secondary N) is 1. The Labute approximate surface area is 109 Å². The largest absolute Gasteiger partial charge is 0.393 e. The van der Waals surface area contributed by atoms with Crippen molar-refractivity contribution < 1.29 is 9.90 Å². The normalized spacial score (nSPS) is 13.9. The Hall–Kier alpha value is -1.35. The average Bonchev–Trinajstić information content (AvgIpc) is 2.39. The lowest BCUT2D eigenvalue weighted by Crippen LogP contribution is -2.32. The van der Waals surface area contributed by atoms with Gasteiger partial charge in [0.25, 0.3) is 0 Å². The van der Waals surface area contributed by atoms with Crippen LogP contribution in [0.15, 0.2) is 30.3 Å². The summed E-state index contributed by atoms with van der Waals surface area (Å²) in [6.45, 7) is 4.41. The molecule has 0 saturated heterocycles. The minimum atomic E-state index is -0.310. The molecule has 3 heteroatoms. The Morgan fingerprint density at radius 2 is 2.00 bits per heavy atom. The lowest BCUT2D eigenvalue weighted by Gasteiger charge is -2.13. The Kier molecular flexibility index (Phi) is 6.44. The molecule has 2 unspecified atom stereocenters. The van der Waals surface area contributed by atoms with Gasteiger partial charge in [0, 0.05) is 12.5 Å². The minimum Gasteiger partial charge on any atom is -0.393 e. The van der Waals surface area contributed by atoms with Gasteiger partial charge in [0.2, 0.25) is 5.91 Å². The first kappa shape index (κ1) is 14.7. The molecule has 0 saturated carbocycles. The van der Waals surface area contributed by atoms with E-state index in [9.17, 15) is 9.90 Å². The van der Waals surface area contributed by atoms with Crippen LogP contribution in [0, 0.1) is 5.92 Å². The predicted molar refractivity (Wildman–Crippen MR) is 73.2 cm³/mol. The quantitative estimate of drug-likeness (QED) is 0.778. The fourth-order valence-corrected chi connectivity index (χ4v) is 1.80. The van der Waals surface area contributed by atoms with Gasteiger partial charge in [-0.05, 0) is 24.8 Å². The fraction of sp³-hybridized carbons (Fsp3) is 0.533. The maximum absolute atomic E-state index is 11.8. The lowest BCUT2D eigenvalue weighted by molar-refractivity contribution is -0.124. The molecule has 2 N–H and O–H groups in total. The third-order valence-electron chi connectivity index (χ3n) is 3.08. The van der Waals surface area contributed by atoms with Crippen LogP contribution < -0.4 is 5.32 Å². The smallest absolute Gasteiger partial charge is 0.223 e. The number of hydrogen-bond acceptors (Lipinski definition) is 2. The van der Waals surface area contributed by atoms with Crippen molar-refractivity contribution in [1.29, 1.82) is 0 Å². The number of hydrogen-bond donors (Lipinski definition) is 2. The molecule has 0 radical (unpaired) electrons. The first-order valence-corrected chi connectivity index (χ1v) is 6.63. The van der Waals surface area contributed by atoms with Gasteiger partial charge in [0.1, 0.15) is 0 Å². The molecular weight excluding hydrogens is 226 g/mol. The third-order valence-corrected chi connectivity index (χ3v) is 3.08. The van der Waals surface area contributed by atoms with Crippen LogP contribution in [0.4, 0.5) is 0 Å². The number of aliphatic hydroxyl groups is 1. The standard InChI is InChI=1S/C15H23NO2/c1-3-14(17)9-10-16-15(18)12(2)11-13-7-5-4-6-8-13/h4-8,12,14,17H,3,9-11H2,1-2H3,(H,16,18). The summed E-state index contributed by atoms with van der Waals surface area (Å²) in [6.07, 6.45) is 1.80. The Morgan fingerprint density at radius 3 is 2.61 bits per heavy atom. The van der Waals surface area contributed by atoms with Crippen molar-refractivity contribution in [3.63, 3.8) is 0 Å². The number of benzene rings is 1. The van der Waals surface area contributed by atoms with Crippen LogP contribution >= 0.6 is 0 Å². The van der Waals surface area contributed by atoms with E-state index in [1.165, 1.54) is 5.56 Å². The molecule has 1 aromatic rings. The molecular formula is C15H23NO2. The van der Waals surface area contributed by atoms with Gasteiger partial charge >= 0.3 is 0 Å². The number of rotatable bonds is 7. The predicted octanol–water partition coefficient (Wildman–Crippen LogP) is 2.14. The summed E-state index contributed by atoms with van der Waals surface area (Å²) in [5.41, 5.74) is 1.17. The highest BCUT2D eigenvalue weighted by Crippen LogP contribution is 2.08. The van der Waals surface area contributed by atoms with E-state index in [0.717, 1.165) is 12.8 Å². The van der Waals surface area contributed by atoms with Crippen molar-refractivity contribution >= 4 is 5.91 Å². The summed E-state index contributed by atoms with van der Waals surface area (Å²) in [7, 11) is 0. The molecule has 100 valence electrons. The van der Waals surface area contributed by atoms with E-state index in [4.69, 9.17) is 0 Å².